The Morgan fingerprint density at radius 2 is 1.85 bits per heavy atom. The standard InChI is InChI=1S/C18H19ClN2O5S/c1-9-13(18(24)26-5)16(27-14(9)17(23)21(2)3)20-15(22)11-8-10(19)6-7-12(11)25-4/h6-8H,1-5H3,(H,20,22). The maximum absolute atomic E-state index is 12.7. The topological polar surface area (TPSA) is 84.9 Å². The van der Waals surface area contributed by atoms with Crippen LogP contribution in [0, 0.1) is 6.92 Å². The minimum Gasteiger partial charge on any atom is -0.496 e. The summed E-state index contributed by atoms with van der Waals surface area (Å²) in [6.07, 6.45) is 0. The van der Waals surface area contributed by atoms with Crippen molar-refractivity contribution >= 4 is 45.7 Å². The number of methoxy groups -OCH3 is 2. The Morgan fingerprint density at radius 3 is 2.41 bits per heavy atom. The van der Waals surface area contributed by atoms with E-state index in [0.29, 0.717) is 21.2 Å². The van der Waals surface area contributed by atoms with E-state index >= 15 is 0 Å². The van der Waals surface area contributed by atoms with Crippen molar-refractivity contribution in [2.75, 3.05) is 33.6 Å². The third-order valence-corrected chi connectivity index (χ3v) is 5.20. The molecule has 27 heavy (non-hydrogen) atoms. The van der Waals surface area contributed by atoms with Gasteiger partial charge in [-0.15, -0.1) is 11.3 Å². The molecule has 1 N–H and O–H groups in total. The van der Waals surface area contributed by atoms with E-state index in [1.54, 1.807) is 33.2 Å². The second-order valence-electron chi connectivity index (χ2n) is 5.75. The largest absolute Gasteiger partial charge is 0.496 e. The molecular weight excluding hydrogens is 392 g/mol. The lowest BCUT2D eigenvalue weighted by molar-refractivity contribution is 0.0601. The fourth-order valence-electron chi connectivity index (χ4n) is 2.38. The molecular formula is C18H19ClN2O5S. The predicted octanol–water partition coefficient (Wildman–Crippen LogP) is 3.46. The van der Waals surface area contributed by atoms with E-state index in [2.05, 4.69) is 5.32 Å². The molecule has 0 aliphatic carbocycles. The number of hydrogen-bond acceptors (Lipinski definition) is 6. The third kappa shape index (κ3) is 4.23. The van der Waals surface area contributed by atoms with Gasteiger partial charge in [0, 0.05) is 19.1 Å². The van der Waals surface area contributed by atoms with E-state index in [9.17, 15) is 14.4 Å². The molecule has 0 spiro atoms. The molecule has 1 aromatic heterocycles. The van der Waals surface area contributed by atoms with Crippen molar-refractivity contribution < 1.29 is 23.9 Å². The van der Waals surface area contributed by atoms with E-state index in [1.165, 1.54) is 25.2 Å². The highest BCUT2D eigenvalue weighted by Crippen LogP contribution is 2.35. The van der Waals surface area contributed by atoms with Crippen LogP contribution in [-0.2, 0) is 4.74 Å². The molecule has 7 nitrogen and oxygen atoms in total. The molecule has 9 heteroatoms. The van der Waals surface area contributed by atoms with Crippen LogP contribution >= 0.6 is 22.9 Å². The van der Waals surface area contributed by atoms with Gasteiger partial charge < -0.3 is 19.7 Å². The lowest BCUT2D eigenvalue weighted by Crippen LogP contribution is -2.21. The number of amides is 2. The Bertz CT molecular complexity index is 907. The first kappa shape index (κ1) is 20.7. The Labute approximate surface area is 165 Å². The van der Waals surface area contributed by atoms with Gasteiger partial charge in [-0.3, -0.25) is 9.59 Å². The number of halogens is 1. The highest BCUT2D eigenvalue weighted by Gasteiger charge is 2.27. The number of nitrogens with one attached hydrogen (secondary N) is 1. The molecule has 0 radical (unpaired) electrons. The number of esters is 1. The van der Waals surface area contributed by atoms with Gasteiger partial charge in [-0.25, -0.2) is 4.79 Å². The molecule has 0 aliphatic heterocycles. The van der Waals surface area contributed by atoms with Gasteiger partial charge in [-0.05, 0) is 30.7 Å². The summed E-state index contributed by atoms with van der Waals surface area (Å²) < 4.78 is 10.00. The average molecular weight is 411 g/mol. The third-order valence-electron chi connectivity index (χ3n) is 3.77. The summed E-state index contributed by atoms with van der Waals surface area (Å²) >= 11 is 6.98. The lowest BCUT2D eigenvalue weighted by atomic mass is 10.1. The van der Waals surface area contributed by atoms with E-state index in [0.717, 1.165) is 11.3 Å². The molecule has 1 heterocycles. The summed E-state index contributed by atoms with van der Waals surface area (Å²) in [7, 11) is 5.88. The Kier molecular flexibility index (Phi) is 6.45. The van der Waals surface area contributed by atoms with Crippen LogP contribution in [0.2, 0.25) is 5.02 Å². The molecule has 0 bridgehead atoms. The average Bonchev–Trinajstić information content (AvgIpc) is 2.96. The zero-order chi connectivity index (χ0) is 20.3. The number of carbonyl (C=O) groups excluding carboxylic acids is 3. The van der Waals surface area contributed by atoms with Crippen LogP contribution in [0.25, 0.3) is 0 Å². The molecule has 2 amide bonds. The summed E-state index contributed by atoms with van der Waals surface area (Å²) in [5.41, 5.74) is 0.785. The highest BCUT2D eigenvalue weighted by atomic mass is 35.5. The molecule has 0 saturated carbocycles. The van der Waals surface area contributed by atoms with Crippen LogP contribution in [0.15, 0.2) is 18.2 Å². The first-order valence-electron chi connectivity index (χ1n) is 7.79. The van der Waals surface area contributed by atoms with Gasteiger partial charge in [0.25, 0.3) is 11.8 Å². The summed E-state index contributed by atoms with van der Waals surface area (Å²) in [6.45, 7) is 1.63. The number of rotatable bonds is 5. The van der Waals surface area contributed by atoms with Crippen molar-refractivity contribution in [1.29, 1.82) is 0 Å². The SMILES string of the molecule is COC(=O)c1c(NC(=O)c2cc(Cl)ccc2OC)sc(C(=O)N(C)C)c1C. The monoisotopic (exact) mass is 410 g/mol. The highest BCUT2D eigenvalue weighted by molar-refractivity contribution is 7.18. The predicted molar refractivity (Wildman–Crippen MR) is 104 cm³/mol. The second kappa shape index (κ2) is 8.41. The molecule has 0 unspecified atom stereocenters. The fraction of sp³-hybridized carbons (Fsp3) is 0.278. The van der Waals surface area contributed by atoms with Crippen LogP contribution in [-0.4, -0.2) is 51.0 Å². The van der Waals surface area contributed by atoms with Crippen LogP contribution in [0.1, 0.15) is 36.0 Å². The molecule has 2 rings (SSSR count). The summed E-state index contributed by atoms with van der Waals surface area (Å²) in [4.78, 5) is 39.1. The normalized spacial score (nSPS) is 10.3. The molecule has 0 aliphatic rings. The number of anilines is 1. The number of nitrogens with zero attached hydrogens (tertiary/aromatic N) is 1. The summed E-state index contributed by atoms with van der Waals surface area (Å²) in [6, 6.07) is 4.62. The Balaban J connectivity index is 2.50. The lowest BCUT2D eigenvalue weighted by Gasteiger charge is -2.10. The van der Waals surface area contributed by atoms with Gasteiger partial charge in [-0.2, -0.15) is 0 Å². The Hall–Kier alpha value is -2.58. The second-order valence-corrected chi connectivity index (χ2v) is 7.21. The van der Waals surface area contributed by atoms with Crippen molar-refractivity contribution in [3.8, 4) is 5.75 Å². The minimum absolute atomic E-state index is 0.141. The fourth-order valence-corrected chi connectivity index (χ4v) is 3.77. The first-order valence-corrected chi connectivity index (χ1v) is 8.98. The van der Waals surface area contributed by atoms with Crippen LogP contribution < -0.4 is 10.1 Å². The number of ether oxygens (including phenoxy) is 2. The molecule has 0 fully saturated rings. The maximum Gasteiger partial charge on any atom is 0.341 e. The Morgan fingerprint density at radius 1 is 1.19 bits per heavy atom. The number of carbonyl (C=O) groups is 3. The zero-order valence-corrected chi connectivity index (χ0v) is 17.1. The van der Waals surface area contributed by atoms with E-state index in [4.69, 9.17) is 21.1 Å². The van der Waals surface area contributed by atoms with Crippen molar-refractivity contribution in [3.63, 3.8) is 0 Å². The van der Waals surface area contributed by atoms with Crippen molar-refractivity contribution in [1.82, 2.24) is 4.90 Å². The van der Waals surface area contributed by atoms with E-state index in [-0.39, 0.29) is 22.0 Å². The van der Waals surface area contributed by atoms with Crippen LogP contribution in [0.3, 0.4) is 0 Å². The van der Waals surface area contributed by atoms with Gasteiger partial charge in [0.2, 0.25) is 0 Å². The van der Waals surface area contributed by atoms with Gasteiger partial charge in [0.05, 0.1) is 30.2 Å². The molecule has 1 aromatic carbocycles. The molecule has 2 aromatic rings. The van der Waals surface area contributed by atoms with Gasteiger partial charge in [0.15, 0.2) is 0 Å². The number of benzene rings is 1. The summed E-state index contributed by atoms with van der Waals surface area (Å²) in [5, 5.41) is 3.25. The van der Waals surface area contributed by atoms with Crippen LogP contribution in [0.4, 0.5) is 5.00 Å². The van der Waals surface area contributed by atoms with Crippen molar-refractivity contribution in [2.45, 2.75) is 6.92 Å². The molecule has 144 valence electrons. The summed E-state index contributed by atoms with van der Waals surface area (Å²) in [5.74, 6) is -1.11. The quantitative estimate of drug-likeness (QED) is 0.763. The first-order chi connectivity index (χ1) is 12.7. The van der Waals surface area contributed by atoms with E-state index in [1.807, 2.05) is 0 Å². The van der Waals surface area contributed by atoms with Crippen molar-refractivity contribution in [2.24, 2.45) is 0 Å². The van der Waals surface area contributed by atoms with E-state index < -0.39 is 11.9 Å². The zero-order valence-electron chi connectivity index (χ0n) is 15.5. The van der Waals surface area contributed by atoms with Crippen LogP contribution in [0.5, 0.6) is 5.75 Å². The number of hydrogen-bond donors (Lipinski definition) is 1. The number of thiophene rings is 1. The van der Waals surface area contributed by atoms with Gasteiger partial charge in [-0.1, -0.05) is 11.6 Å². The smallest absolute Gasteiger partial charge is 0.341 e. The van der Waals surface area contributed by atoms with Crippen molar-refractivity contribution in [3.05, 3.63) is 44.8 Å². The van der Waals surface area contributed by atoms with Gasteiger partial charge in [0.1, 0.15) is 10.8 Å². The minimum atomic E-state index is -0.644. The maximum atomic E-state index is 12.7. The molecule has 0 saturated heterocycles. The van der Waals surface area contributed by atoms with Gasteiger partial charge >= 0.3 is 5.97 Å². The molecule has 0 atom stereocenters.